The Morgan fingerprint density at radius 2 is 1.94 bits per heavy atom. The zero-order valence-electron chi connectivity index (χ0n) is 11.3. The predicted octanol–water partition coefficient (Wildman–Crippen LogP) is 0.675. The number of carbonyl (C=O) groups excluding carboxylic acids is 2. The summed E-state index contributed by atoms with van der Waals surface area (Å²) in [6.45, 7) is 4.00. The lowest BCUT2D eigenvalue weighted by molar-refractivity contribution is -0.146. The fourth-order valence-electron chi connectivity index (χ4n) is 2.16. The molecule has 0 aromatic heterocycles. The van der Waals surface area contributed by atoms with Gasteiger partial charge in [-0.25, -0.2) is 0 Å². The van der Waals surface area contributed by atoms with E-state index in [1.165, 1.54) is 7.11 Å². The fourth-order valence-corrected chi connectivity index (χ4v) is 2.16. The van der Waals surface area contributed by atoms with E-state index in [1.807, 2.05) is 0 Å². The van der Waals surface area contributed by atoms with Gasteiger partial charge in [-0.2, -0.15) is 0 Å². The van der Waals surface area contributed by atoms with Crippen LogP contribution in [0.25, 0.3) is 0 Å². The van der Waals surface area contributed by atoms with Crippen molar-refractivity contribution in [2.45, 2.75) is 19.8 Å². The first kappa shape index (κ1) is 17.2. The molecule has 0 radical (unpaired) electrons. The lowest BCUT2D eigenvalue weighted by Crippen LogP contribution is -2.41. The Hall–Kier alpha value is -0.810. The molecule has 1 aliphatic rings. The molecule has 0 aromatic carbocycles. The zero-order chi connectivity index (χ0) is 12.8. The number of ether oxygens (including phenoxy) is 1. The van der Waals surface area contributed by atoms with Gasteiger partial charge in [-0.05, 0) is 25.9 Å². The maximum absolute atomic E-state index is 12.1. The average molecular weight is 279 g/mol. The molecule has 1 rings (SSSR count). The number of methoxy groups -OCH3 is 1. The van der Waals surface area contributed by atoms with Gasteiger partial charge >= 0.3 is 5.97 Å². The number of hydrogen-bond donors (Lipinski definition) is 1. The van der Waals surface area contributed by atoms with Gasteiger partial charge < -0.3 is 15.0 Å². The number of piperidine rings is 1. The van der Waals surface area contributed by atoms with Crippen LogP contribution in [0.3, 0.4) is 0 Å². The Bertz CT molecular complexity index is 280. The summed E-state index contributed by atoms with van der Waals surface area (Å²) in [5.41, 5.74) is 0. The summed E-state index contributed by atoms with van der Waals surface area (Å²) < 4.78 is 4.65. The maximum atomic E-state index is 12.1. The number of rotatable bonds is 4. The SMILES string of the molecule is COC(=O)C(C)CN(C)C(=O)C1CCNCC1.Cl. The minimum atomic E-state index is -0.269. The largest absolute Gasteiger partial charge is 0.469 e. The molecule has 1 heterocycles. The van der Waals surface area contributed by atoms with E-state index >= 15 is 0 Å². The Morgan fingerprint density at radius 3 is 2.44 bits per heavy atom. The minimum Gasteiger partial charge on any atom is -0.469 e. The molecule has 6 heteroatoms. The van der Waals surface area contributed by atoms with Crippen LogP contribution in [0.1, 0.15) is 19.8 Å². The first-order chi connectivity index (χ1) is 8.06. The third-order valence-electron chi connectivity index (χ3n) is 3.22. The summed E-state index contributed by atoms with van der Waals surface area (Å²) in [5.74, 6) is -0.293. The van der Waals surface area contributed by atoms with E-state index < -0.39 is 0 Å². The summed E-state index contributed by atoms with van der Waals surface area (Å²) in [6.07, 6.45) is 1.77. The highest BCUT2D eigenvalue weighted by molar-refractivity contribution is 5.85. The van der Waals surface area contributed by atoms with Crippen LogP contribution in [-0.4, -0.2) is 50.6 Å². The molecule has 1 N–H and O–H groups in total. The normalized spacial score (nSPS) is 17.5. The van der Waals surface area contributed by atoms with Gasteiger partial charge in [-0.15, -0.1) is 12.4 Å². The zero-order valence-corrected chi connectivity index (χ0v) is 12.1. The Morgan fingerprint density at radius 1 is 1.39 bits per heavy atom. The monoisotopic (exact) mass is 278 g/mol. The number of nitrogens with zero attached hydrogens (tertiary/aromatic N) is 1. The van der Waals surface area contributed by atoms with Crippen molar-refractivity contribution in [3.05, 3.63) is 0 Å². The topological polar surface area (TPSA) is 58.6 Å². The fraction of sp³-hybridized carbons (Fsp3) is 0.833. The molecule has 1 fully saturated rings. The molecule has 0 bridgehead atoms. The number of carbonyl (C=O) groups is 2. The molecular formula is C12H23ClN2O3. The second kappa shape index (κ2) is 8.32. The molecule has 1 aliphatic heterocycles. The Kier molecular flexibility index (Phi) is 7.95. The summed E-state index contributed by atoms with van der Waals surface area (Å²) in [4.78, 5) is 25.0. The quantitative estimate of drug-likeness (QED) is 0.768. The molecule has 1 amide bonds. The molecule has 0 aromatic rings. The molecule has 1 saturated heterocycles. The van der Waals surface area contributed by atoms with Crippen LogP contribution < -0.4 is 5.32 Å². The molecule has 0 saturated carbocycles. The number of halogens is 1. The van der Waals surface area contributed by atoms with Gasteiger partial charge in [0.25, 0.3) is 0 Å². The van der Waals surface area contributed by atoms with Crippen molar-refractivity contribution in [2.24, 2.45) is 11.8 Å². The first-order valence-corrected chi connectivity index (χ1v) is 6.09. The second-order valence-corrected chi connectivity index (χ2v) is 4.67. The first-order valence-electron chi connectivity index (χ1n) is 6.09. The maximum Gasteiger partial charge on any atom is 0.310 e. The van der Waals surface area contributed by atoms with Gasteiger partial charge in [0, 0.05) is 19.5 Å². The minimum absolute atomic E-state index is 0. The van der Waals surface area contributed by atoms with Crippen LogP contribution in [0.5, 0.6) is 0 Å². The van der Waals surface area contributed by atoms with E-state index in [-0.39, 0.29) is 36.1 Å². The molecule has 1 unspecified atom stereocenters. The number of hydrogen-bond acceptors (Lipinski definition) is 4. The third-order valence-corrected chi connectivity index (χ3v) is 3.22. The lowest BCUT2D eigenvalue weighted by atomic mass is 9.96. The van der Waals surface area contributed by atoms with Crippen molar-refractivity contribution < 1.29 is 14.3 Å². The van der Waals surface area contributed by atoms with E-state index in [1.54, 1.807) is 18.9 Å². The summed E-state index contributed by atoms with van der Waals surface area (Å²) in [5, 5.41) is 3.23. The smallest absolute Gasteiger partial charge is 0.310 e. The van der Waals surface area contributed by atoms with Crippen LogP contribution in [0.15, 0.2) is 0 Å². The van der Waals surface area contributed by atoms with E-state index in [4.69, 9.17) is 0 Å². The Labute approximate surface area is 115 Å². The van der Waals surface area contributed by atoms with Gasteiger partial charge in [-0.3, -0.25) is 9.59 Å². The van der Waals surface area contributed by atoms with E-state index in [2.05, 4.69) is 10.1 Å². The Balaban J connectivity index is 0.00000289. The van der Waals surface area contributed by atoms with Crippen molar-refractivity contribution in [1.82, 2.24) is 10.2 Å². The molecule has 5 nitrogen and oxygen atoms in total. The van der Waals surface area contributed by atoms with Gasteiger partial charge in [0.2, 0.25) is 5.91 Å². The molecule has 106 valence electrons. The van der Waals surface area contributed by atoms with Gasteiger partial charge in [0.15, 0.2) is 0 Å². The molecule has 0 aliphatic carbocycles. The van der Waals surface area contributed by atoms with Crippen molar-refractivity contribution >= 4 is 24.3 Å². The van der Waals surface area contributed by atoms with Crippen LogP contribution in [0.2, 0.25) is 0 Å². The molecule has 0 spiro atoms. The van der Waals surface area contributed by atoms with Crippen molar-refractivity contribution in [3.63, 3.8) is 0 Å². The summed E-state index contributed by atoms with van der Waals surface area (Å²) >= 11 is 0. The van der Waals surface area contributed by atoms with Gasteiger partial charge in [0.1, 0.15) is 0 Å². The highest BCUT2D eigenvalue weighted by Gasteiger charge is 2.26. The number of esters is 1. The second-order valence-electron chi connectivity index (χ2n) is 4.67. The van der Waals surface area contributed by atoms with Gasteiger partial charge in [0.05, 0.1) is 13.0 Å². The van der Waals surface area contributed by atoms with Crippen LogP contribution in [0.4, 0.5) is 0 Å². The predicted molar refractivity (Wildman–Crippen MR) is 71.7 cm³/mol. The van der Waals surface area contributed by atoms with Crippen LogP contribution in [-0.2, 0) is 14.3 Å². The highest BCUT2D eigenvalue weighted by Crippen LogP contribution is 2.15. The van der Waals surface area contributed by atoms with E-state index in [0.717, 1.165) is 25.9 Å². The standard InChI is InChI=1S/C12H22N2O3.ClH/c1-9(12(16)17-3)8-14(2)11(15)10-4-6-13-7-5-10;/h9-10,13H,4-8H2,1-3H3;1H. The van der Waals surface area contributed by atoms with Crippen molar-refractivity contribution in [1.29, 1.82) is 0 Å². The van der Waals surface area contributed by atoms with Crippen LogP contribution >= 0.6 is 12.4 Å². The summed E-state index contributed by atoms with van der Waals surface area (Å²) in [6, 6.07) is 0. The lowest BCUT2D eigenvalue weighted by Gasteiger charge is -2.28. The van der Waals surface area contributed by atoms with Gasteiger partial charge in [-0.1, -0.05) is 6.92 Å². The molecule has 1 atom stereocenters. The highest BCUT2D eigenvalue weighted by atomic mass is 35.5. The van der Waals surface area contributed by atoms with Crippen molar-refractivity contribution in [2.75, 3.05) is 33.8 Å². The van der Waals surface area contributed by atoms with E-state index in [9.17, 15) is 9.59 Å². The van der Waals surface area contributed by atoms with E-state index in [0.29, 0.717) is 6.54 Å². The summed E-state index contributed by atoms with van der Waals surface area (Å²) in [7, 11) is 3.12. The number of amides is 1. The van der Waals surface area contributed by atoms with Crippen LogP contribution in [0, 0.1) is 11.8 Å². The average Bonchev–Trinajstić information content (AvgIpc) is 2.37. The molecular weight excluding hydrogens is 256 g/mol. The van der Waals surface area contributed by atoms with Crippen molar-refractivity contribution in [3.8, 4) is 0 Å². The third kappa shape index (κ3) is 4.82. The molecule has 18 heavy (non-hydrogen) atoms. The number of nitrogens with one attached hydrogen (secondary N) is 1.